The summed E-state index contributed by atoms with van der Waals surface area (Å²) in [6.07, 6.45) is 4.30. The molecule has 5 rings (SSSR count). The standard InChI is InChI=1S/C27H36N4O2/c1-2-31-25-10-6-4-7-21(25)23-19-20(11-12-26(23)31)29-24-9-5-3-8-22(24)27(32)28-13-14-30-15-17-33-18-16-30/h4,6-7,10-12,19,22,24,29H,2-3,5,8-9,13-18H2,1H3,(H,28,32)/t22-,24+/m0/s1. The number of fused-ring (bicyclic) bond motifs is 3. The van der Waals surface area contributed by atoms with Crippen molar-refractivity contribution in [3.05, 3.63) is 42.5 Å². The first kappa shape index (κ1) is 22.2. The van der Waals surface area contributed by atoms with Gasteiger partial charge in [-0.25, -0.2) is 0 Å². The van der Waals surface area contributed by atoms with Gasteiger partial charge in [-0.1, -0.05) is 31.0 Å². The van der Waals surface area contributed by atoms with E-state index in [1.165, 1.54) is 28.2 Å². The Labute approximate surface area is 196 Å². The molecule has 6 heteroatoms. The second kappa shape index (κ2) is 10.1. The number of para-hydroxylation sites is 1. The number of carbonyl (C=O) groups excluding carboxylic acids is 1. The van der Waals surface area contributed by atoms with E-state index in [9.17, 15) is 4.79 Å². The van der Waals surface area contributed by atoms with Crippen molar-refractivity contribution >= 4 is 33.4 Å². The number of carbonyl (C=O) groups is 1. The predicted molar refractivity (Wildman–Crippen MR) is 135 cm³/mol. The fourth-order valence-corrected chi connectivity index (χ4v) is 5.61. The summed E-state index contributed by atoms with van der Waals surface area (Å²) in [4.78, 5) is 15.4. The van der Waals surface area contributed by atoms with E-state index in [2.05, 4.69) is 69.5 Å². The number of anilines is 1. The van der Waals surface area contributed by atoms with Crippen LogP contribution in [0.3, 0.4) is 0 Å². The smallest absolute Gasteiger partial charge is 0.225 e. The highest BCUT2D eigenvalue weighted by Gasteiger charge is 2.31. The van der Waals surface area contributed by atoms with Crippen LogP contribution in [0.25, 0.3) is 21.8 Å². The molecular weight excluding hydrogens is 412 g/mol. The Morgan fingerprint density at radius 3 is 2.67 bits per heavy atom. The average molecular weight is 449 g/mol. The second-order valence-corrected chi connectivity index (χ2v) is 9.38. The van der Waals surface area contributed by atoms with Gasteiger partial charge >= 0.3 is 0 Å². The van der Waals surface area contributed by atoms with Crippen molar-refractivity contribution in [3.63, 3.8) is 0 Å². The molecular formula is C27H36N4O2. The first-order valence-corrected chi connectivity index (χ1v) is 12.6. The van der Waals surface area contributed by atoms with Crippen molar-refractivity contribution in [1.29, 1.82) is 0 Å². The van der Waals surface area contributed by atoms with Gasteiger partial charge in [0.05, 0.1) is 19.1 Å². The van der Waals surface area contributed by atoms with Gasteiger partial charge in [0.25, 0.3) is 0 Å². The van der Waals surface area contributed by atoms with Gasteiger partial charge < -0.3 is 19.9 Å². The topological polar surface area (TPSA) is 58.5 Å². The molecule has 1 saturated heterocycles. The number of aromatic nitrogens is 1. The minimum absolute atomic E-state index is 0.0242. The largest absolute Gasteiger partial charge is 0.381 e. The Bertz CT molecular complexity index is 1100. The average Bonchev–Trinajstić information content (AvgIpc) is 3.18. The number of ether oxygens (including phenoxy) is 1. The molecule has 3 aromatic rings. The van der Waals surface area contributed by atoms with Crippen LogP contribution in [0.1, 0.15) is 32.6 Å². The molecule has 0 spiro atoms. The molecule has 1 saturated carbocycles. The van der Waals surface area contributed by atoms with E-state index in [4.69, 9.17) is 4.74 Å². The van der Waals surface area contributed by atoms with Gasteiger partial charge in [-0.15, -0.1) is 0 Å². The predicted octanol–water partition coefficient (Wildman–Crippen LogP) is 4.23. The van der Waals surface area contributed by atoms with Gasteiger partial charge in [-0.05, 0) is 44.0 Å². The Morgan fingerprint density at radius 2 is 1.82 bits per heavy atom. The number of aryl methyl sites for hydroxylation is 1. The lowest BCUT2D eigenvalue weighted by Gasteiger charge is -2.32. The van der Waals surface area contributed by atoms with Gasteiger partial charge in [-0.2, -0.15) is 0 Å². The van der Waals surface area contributed by atoms with Gasteiger partial charge in [-0.3, -0.25) is 9.69 Å². The van der Waals surface area contributed by atoms with Gasteiger partial charge in [0.15, 0.2) is 0 Å². The Hall–Kier alpha value is -2.57. The number of benzene rings is 2. The highest BCUT2D eigenvalue weighted by Crippen LogP contribution is 2.33. The maximum Gasteiger partial charge on any atom is 0.225 e. The van der Waals surface area contributed by atoms with Crippen molar-refractivity contribution in [2.24, 2.45) is 5.92 Å². The second-order valence-electron chi connectivity index (χ2n) is 9.38. The first-order valence-electron chi connectivity index (χ1n) is 12.6. The molecule has 0 unspecified atom stereocenters. The molecule has 2 fully saturated rings. The SMILES string of the molecule is CCn1c2ccccc2c2cc(N[C@@H]3CCCC[C@@H]3C(=O)NCCN3CCOCC3)ccc21. The fourth-order valence-electron chi connectivity index (χ4n) is 5.61. The van der Waals surface area contributed by atoms with Gasteiger partial charge in [0.2, 0.25) is 5.91 Å². The van der Waals surface area contributed by atoms with Crippen molar-refractivity contribution in [2.45, 2.75) is 45.2 Å². The lowest BCUT2D eigenvalue weighted by molar-refractivity contribution is -0.126. The molecule has 0 bridgehead atoms. The number of nitrogens with zero attached hydrogens (tertiary/aromatic N) is 2. The zero-order chi connectivity index (χ0) is 22.6. The molecule has 1 amide bonds. The molecule has 2 aromatic carbocycles. The van der Waals surface area contributed by atoms with Crippen LogP contribution in [0.2, 0.25) is 0 Å². The maximum atomic E-state index is 13.1. The monoisotopic (exact) mass is 448 g/mol. The van der Waals surface area contributed by atoms with Crippen LogP contribution in [0, 0.1) is 5.92 Å². The summed E-state index contributed by atoms with van der Waals surface area (Å²) in [6, 6.07) is 15.5. The molecule has 2 atom stereocenters. The quantitative estimate of drug-likeness (QED) is 0.568. The molecule has 2 heterocycles. The molecule has 176 valence electrons. The maximum absolute atomic E-state index is 13.1. The zero-order valence-corrected chi connectivity index (χ0v) is 19.7. The van der Waals surface area contributed by atoms with Crippen molar-refractivity contribution in [3.8, 4) is 0 Å². The summed E-state index contributed by atoms with van der Waals surface area (Å²) < 4.78 is 7.79. The molecule has 1 aromatic heterocycles. The summed E-state index contributed by atoms with van der Waals surface area (Å²) >= 11 is 0. The molecule has 2 N–H and O–H groups in total. The summed E-state index contributed by atoms with van der Waals surface area (Å²) in [5, 5.41) is 9.52. The molecule has 1 aliphatic carbocycles. The highest BCUT2D eigenvalue weighted by atomic mass is 16.5. The third-order valence-corrected chi connectivity index (χ3v) is 7.37. The van der Waals surface area contributed by atoms with Gasteiger partial charge in [0, 0.05) is 66.3 Å². The van der Waals surface area contributed by atoms with E-state index in [1.807, 2.05) is 0 Å². The Kier molecular flexibility index (Phi) is 6.83. The number of hydrogen-bond donors (Lipinski definition) is 2. The third-order valence-electron chi connectivity index (χ3n) is 7.37. The van der Waals surface area contributed by atoms with Crippen LogP contribution in [-0.2, 0) is 16.1 Å². The number of nitrogens with one attached hydrogen (secondary N) is 2. The molecule has 0 radical (unpaired) electrons. The van der Waals surface area contributed by atoms with Crippen LogP contribution in [0.5, 0.6) is 0 Å². The normalized spacial score (nSPS) is 22.0. The lowest BCUT2D eigenvalue weighted by Crippen LogP contribution is -2.46. The number of rotatable bonds is 7. The van der Waals surface area contributed by atoms with Crippen LogP contribution >= 0.6 is 0 Å². The summed E-state index contributed by atoms with van der Waals surface area (Å²) in [5.41, 5.74) is 3.66. The van der Waals surface area contributed by atoms with Crippen LogP contribution in [0.4, 0.5) is 5.69 Å². The fraction of sp³-hybridized carbons (Fsp3) is 0.519. The molecule has 2 aliphatic rings. The number of morpholine rings is 1. The minimum Gasteiger partial charge on any atom is -0.381 e. The number of amides is 1. The zero-order valence-electron chi connectivity index (χ0n) is 19.7. The Morgan fingerprint density at radius 1 is 1.03 bits per heavy atom. The van der Waals surface area contributed by atoms with E-state index in [0.717, 1.165) is 64.3 Å². The van der Waals surface area contributed by atoms with E-state index < -0.39 is 0 Å². The lowest BCUT2D eigenvalue weighted by atomic mass is 9.83. The summed E-state index contributed by atoms with van der Waals surface area (Å²) in [6.45, 7) is 8.27. The highest BCUT2D eigenvalue weighted by molar-refractivity contribution is 6.09. The van der Waals surface area contributed by atoms with E-state index in [0.29, 0.717) is 6.54 Å². The van der Waals surface area contributed by atoms with Crippen molar-refractivity contribution < 1.29 is 9.53 Å². The van der Waals surface area contributed by atoms with E-state index >= 15 is 0 Å². The van der Waals surface area contributed by atoms with Crippen LogP contribution < -0.4 is 10.6 Å². The van der Waals surface area contributed by atoms with Crippen LogP contribution in [0.15, 0.2) is 42.5 Å². The van der Waals surface area contributed by atoms with Gasteiger partial charge in [0.1, 0.15) is 0 Å². The van der Waals surface area contributed by atoms with E-state index in [-0.39, 0.29) is 17.9 Å². The third kappa shape index (κ3) is 4.73. The molecule has 1 aliphatic heterocycles. The van der Waals surface area contributed by atoms with Crippen LogP contribution in [-0.4, -0.2) is 60.8 Å². The van der Waals surface area contributed by atoms with Crippen molar-refractivity contribution in [2.75, 3.05) is 44.7 Å². The summed E-state index contributed by atoms with van der Waals surface area (Å²) in [5.74, 6) is 0.222. The molecule has 33 heavy (non-hydrogen) atoms. The first-order chi connectivity index (χ1) is 16.2. The Balaban J connectivity index is 1.28. The van der Waals surface area contributed by atoms with Crippen molar-refractivity contribution in [1.82, 2.24) is 14.8 Å². The minimum atomic E-state index is 0.0242. The summed E-state index contributed by atoms with van der Waals surface area (Å²) in [7, 11) is 0. The molecule has 6 nitrogen and oxygen atoms in total. The number of hydrogen-bond acceptors (Lipinski definition) is 4. The van der Waals surface area contributed by atoms with E-state index in [1.54, 1.807) is 0 Å².